The van der Waals surface area contributed by atoms with E-state index in [-0.39, 0.29) is 17.9 Å². The van der Waals surface area contributed by atoms with Crippen molar-refractivity contribution in [1.29, 1.82) is 0 Å². The fourth-order valence-corrected chi connectivity index (χ4v) is 3.34. The lowest BCUT2D eigenvalue weighted by Gasteiger charge is -2.36. The van der Waals surface area contributed by atoms with Gasteiger partial charge in [-0.25, -0.2) is 4.79 Å². The molecule has 9 heteroatoms. The van der Waals surface area contributed by atoms with Gasteiger partial charge in [0.05, 0.1) is 19.9 Å². The van der Waals surface area contributed by atoms with Crippen LogP contribution < -0.4 is 24.4 Å². The van der Waals surface area contributed by atoms with E-state index in [2.05, 4.69) is 21.2 Å². The van der Waals surface area contributed by atoms with Gasteiger partial charge in [-0.3, -0.25) is 4.90 Å². The molecule has 2 aromatic rings. The highest BCUT2D eigenvalue weighted by Gasteiger charge is 2.20. The summed E-state index contributed by atoms with van der Waals surface area (Å²) in [5.41, 5.74) is 2.26. The van der Waals surface area contributed by atoms with Crippen molar-refractivity contribution in [3.05, 3.63) is 48.0 Å². The van der Waals surface area contributed by atoms with E-state index in [0.717, 1.165) is 49.7 Å². The highest BCUT2D eigenvalue weighted by molar-refractivity contribution is 5.85. The Labute approximate surface area is 183 Å². The topological polar surface area (TPSA) is 94.8 Å². The van der Waals surface area contributed by atoms with Crippen LogP contribution in [-0.2, 0) is 6.54 Å². The number of benzene rings is 2. The van der Waals surface area contributed by atoms with Gasteiger partial charge in [0.1, 0.15) is 5.75 Å². The molecule has 166 valence electrons. The Morgan fingerprint density at radius 2 is 1.63 bits per heavy atom. The van der Waals surface area contributed by atoms with Crippen LogP contribution in [0, 0.1) is 0 Å². The zero-order valence-electron chi connectivity index (χ0n) is 17.5. The zero-order valence-corrected chi connectivity index (χ0v) is 18.3. The Morgan fingerprint density at radius 3 is 2.27 bits per heavy atom. The number of para-hydroxylation sites is 2. The predicted octanol–water partition coefficient (Wildman–Crippen LogP) is 2.34. The molecule has 1 aliphatic rings. The molecule has 0 atom stereocenters. The highest BCUT2D eigenvalue weighted by atomic mass is 35.5. The van der Waals surface area contributed by atoms with Crippen LogP contribution in [0.25, 0.3) is 0 Å². The summed E-state index contributed by atoms with van der Waals surface area (Å²) in [6.07, 6.45) is -0.515. The molecule has 1 amide bonds. The summed E-state index contributed by atoms with van der Waals surface area (Å²) in [7, 11) is 4.80. The molecular formula is C21H30ClN3O5. The SMILES string of the molecule is CNC(=O)Oc1ccc(CN2CCN(c3ccccc3OC)CC2)cc1OC.Cl.O. The zero-order chi connectivity index (χ0) is 19.9. The highest BCUT2D eigenvalue weighted by Crippen LogP contribution is 2.30. The molecule has 2 aromatic carbocycles. The lowest BCUT2D eigenvalue weighted by molar-refractivity contribution is 0.200. The molecule has 0 spiro atoms. The van der Waals surface area contributed by atoms with E-state index >= 15 is 0 Å². The van der Waals surface area contributed by atoms with Crippen molar-refractivity contribution in [3.8, 4) is 17.2 Å². The van der Waals surface area contributed by atoms with Gasteiger partial charge in [-0.15, -0.1) is 12.4 Å². The Morgan fingerprint density at radius 1 is 0.967 bits per heavy atom. The second-order valence-corrected chi connectivity index (χ2v) is 6.56. The third-order valence-corrected chi connectivity index (χ3v) is 4.84. The van der Waals surface area contributed by atoms with Gasteiger partial charge in [-0.05, 0) is 29.8 Å². The van der Waals surface area contributed by atoms with Gasteiger partial charge in [-0.1, -0.05) is 18.2 Å². The summed E-state index contributed by atoms with van der Waals surface area (Å²) in [6, 6.07) is 13.8. The molecular weight excluding hydrogens is 410 g/mol. The van der Waals surface area contributed by atoms with Crippen molar-refractivity contribution in [3.63, 3.8) is 0 Å². The fourth-order valence-electron chi connectivity index (χ4n) is 3.34. The number of amides is 1. The van der Waals surface area contributed by atoms with Crippen molar-refractivity contribution in [2.45, 2.75) is 6.54 Å². The third-order valence-electron chi connectivity index (χ3n) is 4.84. The van der Waals surface area contributed by atoms with Gasteiger partial charge < -0.3 is 29.9 Å². The first-order valence-corrected chi connectivity index (χ1v) is 9.31. The number of nitrogens with zero attached hydrogens (tertiary/aromatic N) is 2. The number of carbonyl (C=O) groups excluding carboxylic acids is 1. The van der Waals surface area contributed by atoms with Gasteiger partial charge in [0.2, 0.25) is 0 Å². The summed E-state index contributed by atoms with van der Waals surface area (Å²) in [4.78, 5) is 16.2. The van der Waals surface area contributed by atoms with Crippen LogP contribution in [0.15, 0.2) is 42.5 Å². The average Bonchev–Trinajstić information content (AvgIpc) is 2.75. The Bertz CT molecular complexity index is 813. The molecule has 0 bridgehead atoms. The maximum absolute atomic E-state index is 11.4. The molecule has 8 nitrogen and oxygen atoms in total. The normalized spacial score (nSPS) is 13.5. The largest absolute Gasteiger partial charge is 0.495 e. The number of halogens is 1. The Balaban J connectivity index is 0.00000225. The van der Waals surface area contributed by atoms with E-state index in [1.807, 2.05) is 30.3 Å². The van der Waals surface area contributed by atoms with E-state index in [1.54, 1.807) is 20.3 Å². The summed E-state index contributed by atoms with van der Waals surface area (Å²) in [6.45, 7) is 4.61. The van der Waals surface area contributed by atoms with Gasteiger partial charge >= 0.3 is 6.09 Å². The van der Waals surface area contributed by atoms with E-state index < -0.39 is 6.09 Å². The van der Waals surface area contributed by atoms with Crippen LogP contribution in [0.5, 0.6) is 17.2 Å². The van der Waals surface area contributed by atoms with E-state index in [0.29, 0.717) is 11.5 Å². The molecule has 0 radical (unpaired) electrons. The average molecular weight is 440 g/mol. The Hall–Kier alpha value is -2.68. The summed E-state index contributed by atoms with van der Waals surface area (Å²) < 4.78 is 16.1. The quantitative estimate of drug-likeness (QED) is 0.742. The van der Waals surface area contributed by atoms with Crippen LogP contribution in [0.1, 0.15) is 5.56 Å². The number of piperazine rings is 1. The minimum absolute atomic E-state index is 0. The van der Waals surface area contributed by atoms with Crippen LogP contribution in [0.3, 0.4) is 0 Å². The smallest absolute Gasteiger partial charge is 0.412 e. The fraction of sp³-hybridized carbons (Fsp3) is 0.381. The molecule has 1 fully saturated rings. The number of hydrogen-bond donors (Lipinski definition) is 1. The van der Waals surface area contributed by atoms with E-state index in [4.69, 9.17) is 14.2 Å². The molecule has 30 heavy (non-hydrogen) atoms. The second-order valence-electron chi connectivity index (χ2n) is 6.56. The number of hydrogen-bond acceptors (Lipinski definition) is 6. The molecule has 1 heterocycles. The Kier molecular flexibility index (Phi) is 10.2. The number of ether oxygens (including phenoxy) is 3. The summed E-state index contributed by atoms with van der Waals surface area (Å²) in [5, 5.41) is 2.43. The standard InChI is InChI=1S/C21H27N3O4.ClH.H2O/c1-22-21(25)28-19-9-8-16(14-20(19)27-3)15-23-10-12-24(13-11-23)17-6-4-5-7-18(17)26-2;;/h4-9,14H,10-13,15H2,1-3H3,(H,22,25);1H;1H2. The minimum Gasteiger partial charge on any atom is -0.495 e. The molecule has 3 rings (SSSR count). The monoisotopic (exact) mass is 439 g/mol. The van der Waals surface area contributed by atoms with Crippen molar-refractivity contribution in [2.24, 2.45) is 0 Å². The maximum atomic E-state index is 11.4. The van der Waals surface area contributed by atoms with Crippen molar-refractivity contribution >= 4 is 24.2 Å². The molecule has 0 aromatic heterocycles. The molecule has 1 saturated heterocycles. The molecule has 0 aliphatic carbocycles. The number of methoxy groups -OCH3 is 2. The number of carbonyl (C=O) groups is 1. The van der Waals surface area contributed by atoms with E-state index in [9.17, 15) is 4.79 Å². The number of rotatable bonds is 6. The summed E-state index contributed by atoms with van der Waals surface area (Å²) in [5.74, 6) is 1.87. The van der Waals surface area contributed by atoms with Crippen molar-refractivity contribution in [1.82, 2.24) is 10.2 Å². The van der Waals surface area contributed by atoms with Crippen LogP contribution in [0.4, 0.5) is 10.5 Å². The second kappa shape index (κ2) is 12.1. The first-order valence-electron chi connectivity index (χ1n) is 9.31. The predicted molar refractivity (Wildman–Crippen MR) is 119 cm³/mol. The molecule has 3 N–H and O–H groups in total. The van der Waals surface area contributed by atoms with Crippen LogP contribution in [-0.4, -0.2) is 63.9 Å². The summed E-state index contributed by atoms with van der Waals surface area (Å²) >= 11 is 0. The van der Waals surface area contributed by atoms with E-state index in [1.165, 1.54) is 7.05 Å². The first-order chi connectivity index (χ1) is 13.6. The van der Waals surface area contributed by atoms with Crippen LogP contribution >= 0.6 is 12.4 Å². The van der Waals surface area contributed by atoms with Gasteiger partial charge in [0.25, 0.3) is 0 Å². The van der Waals surface area contributed by atoms with Gasteiger partial charge in [0.15, 0.2) is 11.5 Å². The minimum atomic E-state index is -0.515. The van der Waals surface area contributed by atoms with Crippen molar-refractivity contribution in [2.75, 3.05) is 52.3 Å². The van der Waals surface area contributed by atoms with Crippen LogP contribution in [0.2, 0.25) is 0 Å². The number of nitrogens with one attached hydrogen (secondary N) is 1. The van der Waals surface area contributed by atoms with Gasteiger partial charge in [0, 0.05) is 39.8 Å². The lowest BCUT2D eigenvalue weighted by Crippen LogP contribution is -2.46. The first kappa shape index (κ1) is 25.4. The lowest BCUT2D eigenvalue weighted by atomic mass is 10.1. The van der Waals surface area contributed by atoms with Crippen molar-refractivity contribution < 1.29 is 24.5 Å². The number of anilines is 1. The maximum Gasteiger partial charge on any atom is 0.412 e. The van der Waals surface area contributed by atoms with Gasteiger partial charge in [-0.2, -0.15) is 0 Å². The molecule has 0 saturated carbocycles. The molecule has 0 unspecified atom stereocenters. The molecule has 1 aliphatic heterocycles. The third kappa shape index (κ3) is 6.16.